The Morgan fingerprint density at radius 3 is 2.48 bits per heavy atom. The number of rotatable bonds is 2. The van der Waals surface area contributed by atoms with Crippen molar-refractivity contribution in [3.05, 3.63) is 87.3 Å². The SMILES string of the molecule is Cc1[nH]n(-c2ccccc2)c(=O)c1[C@@H]1OC(=O)c2ccccc21. The number of carbonyl (C=O) groups excluding carboxylic acids is 1. The smallest absolute Gasteiger partial charge is 0.339 e. The van der Waals surface area contributed by atoms with Gasteiger partial charge in [0.15, 0.2) is 6.10 Å². The molecule has 1 aliphatic rings. The fourth-order valence-corrected chi connectivity index (χ4v) is 2.99. The molecule has 0 radical (unpaired) electrons. The molecule has 5 heteroatoms. The van der Waals surface area contributed by atoms with E-state index in [1.807, 2.05) is 49.4 Å². The fraction of sp³-hybridized carbons (Fsp3) is 0.111. The minimum atomic E-state index is -0.660. The van der Waals surface area contributed by atoms with Crippen molar-refractivity contribution >= 4 is 5.97 Å². The van der Waals surface area contributed by atoms with E-state index in [4.69, 9.17) is 4.74 Å². The first-order valence-corrected chi connectivity index (χ1v) is 7.33. The van der Waals surface area contributed by atoms with Gasteiger partial charge in [-0.15, -0.1) is 0 Å². The maximum atomic E-state index is 12.8. The van der Waals surface area contributed by atoms with Crippen LogP contribution in [0.1, 0.15) is 33.3 Å². The number of H-pyrrole nitrogens is 1. The number of benzene rings is 2. The second-order valence-electron chi connectivity index (χ2n) is 5.50. The van der Waals surface area contributed by atoms with Crippen LogP contribution in [0, 0.1) is 6.92 Å². The lowest BCUT2D eigenvalue weighted by Crippen LogP contribution is -2.20. The molecule has 2 aromatic carbocycles. The predicted octanol–water partition coefficient (Wildman–Crippen LogP) is 2.73. The van der Waals surface area contributed by atoms with E-state index in [1.165, 1.54) is 4.68 Å². The van der Waals surface area contributed by atoms with Gasteiger partial charge in [-0.1, -0.05) is 36.4 Å². The Hall–Kier alpha value is -3.08. The second-order valence-corrected chi connectivity index (χ2v) is 5.50. The van der Waals surface area contributed by atoms with Crippen LogP contribution in [0.25, 0.3) is 5.69 Å². The monoisotopic (exact) mass is 306 g/mol. The van der Waals surface area contributed by atoms with Crippen molar-refractivity contribution in [2.45, 2.75) is 13.0 Å². The zero-order chi connectivity index (χ0) is 16.0. The number of esters is 1. The van der Waals surface area contributed by atoms with Crippen LogP contribution in [0.4, 0.5) is 0 Å². The van der Waals surface area contributed by atoms with Crippen LogP contribution in [0.15, 0.2) is 59.4 Å². The number of aromatic nitrogens is 2. The van der Waals surface area contributed by atoms with Crippen LogP contribution in [0.3, 0.4) is 0 Å². The van der Waals surface area contributed by atoms with Gasteiger partial charge in [0.2, 0.25) is 0 Å². The summed E-state index contributed by atoms with van der Waals surface area (Å²) in [5.41, 5.74) is 2.94. The zero-order valence-corrected chi connectivity index (χ0v) is 12.4. The molecule has 114 valence electrons. The summed E-state index contributed by atoms with van der Waals surface area (Å²) in [5.74, 6) is -0.392. The summed E-state index contributed by atoms with van der Waals surface area (Å²) in [6, 6.07) is 16.5. The lowest BCUT2D eigenvalue weighted by atomic mass is 10.00. The van der Waals surface area contributed by atoms with E-state index >= 15 is 0 Å². The lowest BCUT2D eigenvalue weighted by Gasteiger charge is -2.08. The molecule has 0 saturated heterocycles. The highest BCUT2D eigenvalue weighted by molar-refractivity contribution is 5.94. The summed E-state index contributed by atoms with van der Waals surface area (Å²) in [6.07, 6.45) is -0.660. The van der Waals surface area contributed by atoms with Crippen molar-refractivity contribution in [1.29, 1.82) is 0 Å². The number of aryl methyl sites for hydroxylation is 1. The molecule has 1 N–H and O–H groups in total. The first-order valence-electron chi connectivity index (χ1n) is 7.33. The average molecular weight is 306 g/mol. The largest absolute Gasteiger partial charge is 0.449 e. The molecule has 2 heterocycles. The van der Waals surface area contributed by atoms with Gasteiger partial charge >= 0.3 is 5.97 Å². The van der Waals surface area contributed by atoms with Gasteiger partial charge in [0.1, 0.15) is 0 Å². The summed E-state index contributed by atoms with van der Waals surface area (Å²) in [5, 5.41) is 3.06. The number of hydrogen-bond donors (Lipinski definition) is 1. The molecule has 0 saturated carbocycles. The minimum absolute atomic E-state index is 0.205. The molecule has 1 atom stereocenters. The highest BCUT2D eigenvalue weighted by Gasteiger charge is 2.35. The Balaban J connectivity index is 1.88. The van der Waals surface area contributed by atoms with Crippen molar-refractivity contribution < 1.29 is 9.53 Å². The highest BCUT2D eigenvalue weighted by Crippen LogP contribution is 2.35. The van der Waals surface area contributed by atoms with Gasteiger partial charge in [0.05, 0.1) is 16.8 Å². The number of hydrogen-bond acceptors (Lipinski definition) is 3. The van der Waals surface area contributed by atoms with E-state index in [9.17, 15) is 9.59 Å². The minimum Gasteiger partial charge on any atom is -0.449 e. The van der Waals surface area contributed by atoms with Crippen LogP contribution in [-0.2, 0) is 4.74 Å². The Bertz CT molecular complexity index is 954. The highest BCUT2D eigenvalue weighted by atomic mass is 16.5. The number of ether oxygens (including phenoxy) is 1. The first kappa shape index (κ1) is 13.6. The number of para-hydroxylation sites is 1. The van der Waals surface area contributed by atoms with Gasteiger partial charge in [-0.25, -0.2) is 9.48 Å². The molecule has 0 aliphatic carbocycles. The van der Waals surface area contributed by atoms with Crippen LogP contribution < -0.4 is 5.56 Å². The topological polar surface area (TPSA) is 64.1 Å². The van der Waals surface area contributed by atoms with Crippen LogP contribution in [0.2, 0.25) is 0 Å². The molecule has 5 nitrogen and oxygen atoms in total. The molecular weight excluding hydrogens is 292 g/mol. The van der Waals surface area contributed by atoms with Gasteiger partial charge in [-0.05, 0) is 25.1 Å². The van der Waals surface area contributed by atoms with Gasteiger partial charge in [-0.3, -0.25) is 9.89 Å². The summed E-state index contributed by atoms with van der Waals surface area (Å²) in [6.45, 7) is 1.81. The van der Waals surface area contributed by atoms with E-state index in [-0.39, 0.29) is 5.56 Å². The third-order valence-corrected chi connectivity index (χ3v) is 4.08. The van der Waals surface area contributed by atoms with Crippen molar-refractivity contribution in [2.24, 2.45) is 0 Å². The average Bonchev–Trinajstić information content (AvgIpc) is 3.06. The van der Waals surface area contributed by atoms with E-state index < -0.39 is 12.1 Å². The first-order chi connectivity index (χ1) is 11.2. The Morgan fingerprint density at radius 2 is 1.70 bits per heavy atom. The van der Waals surface area contributed by atoms with Crippen LogP contribution >= 0.6 is 0 Å². The number of nitrogens with zero attached hydrogens (tertiary/aromatic N) is 1. The van der Waals surface area contributed by atoms with E-state index in [1.54, 1.807) is 12.1 Å². The van der Waals surface area contributed by atoms with E-state index in [2.05, 4.69) is 5.10 Å². The molecule has 0 bridgehead atoms. The number of cyclic esters (lactones) is 1. The third-order valence-electron chi connectivity index (χ3n) is 4.08. The van der Waals surface area contributed by atoms with Gasteiger partial charge in [-0.2, -0.15) is 0 Å². The van der Waals surface area contributed by atoms with Crippen molar-refractivity contribution in [2.75, 3.05) is 0 Å². The summed E-state index contributed by atoms with van der Waals surface area (Å²) < 4.78 is 6.93. The quantitative estimate of drug-likeness (QED) is 0.740. The maximum absolute atomic E-state index is 12.8. The number of aromatic amines is 1. The van der Waals surface area contributed by atoms with E-state index in [0.717, 1.165) is 11.3 Å². The second kappa shape index (κ2) is 4.98. The normalized spacial score (nSPS) is 16.2. The molecule has 1 aliphatic heterocycles. The summed E-state index contributed by atoms with van der Waals surface area (Å²) in [7, 11) is 0. The molecule has 4 rings (SSSR count). The Morgan fingerprint density at radius 1 is 1.00 bits per heavy atom. The fourth-order valence-electron chi connectivity index (χ4n) is 2.99. The zero-order valence-electron chi connectivity index (χ0n) is 12.4. The van der Waals surface area contributed by atoms with Gasteiger partial charge in [0.25, 0.3) is 5.56 Å². The van der Waals surface area contributed by atoms with Gasteiger partial charge < -0.3 is 4.74 Å². The molecule has 0 unspecified atom stereocenters. The number of carbonyl (C=O) groups is 1. The standard InChI is InChI=1S/C18H14N2O3/c1-11-15(16-13-9-5-6-10-14(13)18(22)23-16)17(21)20(19-11)12-7-3-2-4-8-12/h2-10,16,19H,1H3/t16-/m1/s1. The molecule has 23 heavy (non-hydrogen) atoms. The molecule has 1 aromatic heterocycles. The molecule has 0 spiro atoms. The maximum Gasteiger partial charge on any atom is 0.339 e. The van der Waals surface area contributed by atoms with Crippen molar-refractivity contribution in [3.63, 3.8) is 0 Å². The Kier molecular flexibility index (Phi) is 2.94. The predicted molar refractivity (Wildman–Crippen MR) is 84.8 cm³/mol. The van der Waals surface area contributed by atoms with Crippen molar-refractivity contribution in [3.8, 4) is 5.69 Å². The van der Waals surface area contributed by atoms with Crippen LogP contribution in [0.5, 0.6) is 0 Å². The molecular formula is C18H14N2O3. The number of nitrogens with one attached hydrogen (secondary N) is 1. The lowest BCUT2D eigenvalue weighted by molar-refractivity contribution is 0.0453. The Labute approximate surface area is 132 Å². The van der Waals surface area contributed by atoms with E-state index in [0.29, 0.717) is 16.8 Å². The van der Waals surface area contributed by atoms with Gasteiger partial charge in [0, 0.05) is 11.3 Å². The van der Waals surface area contributed by atoms with Crippen LogP contribution in [-0.4, -0.2) is 15.7 Å². The summed E-state index contributed by atoms with van der Waals surface area (Å²) in [4.78, 5) is 24.8. The third kappa shape index (κ3) is 2.01. The summed E-state index contributed by atoms with van der Waals surface area (Å²) >= 11 is 0. The molecule has 3 aromatic rings. The number of fused-ring (bicyclic) bond motifs is 1. The molecule has 0 fully saturated rings. The van der Waals surface area contributed by atoms with Crippen molar-refractivity contribution in [1.82, 2.24) is 9.78 Å². The molecule has 0 amide bonds.